The van der Waals surface area contributed by atoms with E-state index in [4.69, 9.17) is 4.74 Å². The zero-order valence-corrected chi connectivity index (χ0v) is 16.8. The molecule has 2 aromatic heterocycles. The van der Waals surface area contributed by atoms with Crippen molar-refractivity contribution in [1.82, 2.24) is 20.3 Å². The Kier molecular flexibility index (Phi) is 5.38. The number of carbonyl (C=O) groups excluding carboxylic acids is 1. The van der Waals surface area contributed by atoms with Crippen LogP contribution >= 0.6 is 11.3 Å². The van der Waals surface area contributed by atoms with Crippen LogP contribution in [0, 0.1) is 0 Å². The van der Waals surface area contributed by atoms with Gasteiger partial charge in [-0.1, -0.05) is 41.7 Å². The van der Waals surface area contributed by atoms with Gasteiger partial charge in [-0.25, -0.2) is 9.97 Å². The van der Waals surface area contributed by atoms with Gasteiger partial charge in [-0.05, 0) is 32.3 Å². The SMILES string of the molecule is CC(C)Oc1ncnc2nc(N3CCC[C@@H]3C(=O)NCc3ccccc3)sc12. The van der Waals surface area contributed by atoms with Gasteiger partial charge < -0.3 is 15.0 Å². The molecule has 0 saturated carbocycles. The summed E-state index contributed by atoms with van der Waals surface area (Å²) >= 11 is 1.48. The van der Waals surface area contributed by atoms with E-state index in [0.29, 0.717) is 18.1 Å². The highest BCUT2D eigenvalue weighted by Gasteiger charge is 2.33. The largest absolute Gasteiger partial charge is 0.474 e. The number of rotatable bonds is 6. The predicted molar refractivity (Wildman–Crippen MR) is 110 cm³/mol. The molecule has 4 rings (SSSR count). The third kappa shape index (κ3) is 3.91. The molecule has 0 unspecified atom stereocenters. The number of fused-ring (bicyclic) bond motifs is 1. The second kappa shape index (κ2) is 8.10. The smallest absolute Gasteiger partial charge is 0.243 e. The van der Waals surface area contributed by atoms with Gasteiger partial charge in [0.15, 0.2) is 10.8 Å². The zero-order valence-electron chi connectivity index (χ0n) is 16.0. The summed E-state index contributed by atoms with van der Waals surface area (Å²) in [6, 6.07) is 9.72. The van der Waals surface area contributed by atoms with E-state index in [1.807, 2.05) is 44.2 Å². The lowest BCUT2D eigenvalue weighted by atomic mass is 10.2. The number of hydrogen-bond donors (Lipinski definition) is 1. The highest BCUT2D eigenvalue weighted by molar-refractivity contribution is 7.22. The maximum Gasteiger partial charge on any atom is 0.243 e. The van der Waals surface area contributed by atoms with Crippen LogP contribution in [-0.4, -0.2) is 39.5 Å². The molecule has 28 heavy (non-hydrogen) atoms. The number of aromatic nitrogens is 3. The number of anilines is 1. The van der Waals surface area contributed by atoms with E-state index < -0.39 is 0 Å². The second-order valence-corrected chi connectivity index (χ2v) is 8.03. The fourth-order valence-corrected chi connectivity index (χ4v) is 4.35. The first-order chi connectivity index (χ1) is 13.6. The molecule has 1 amide bonds. The molecule has 146 valence electrons. The van der Waals surface area contributed by atoms with E-state index in [0.717, 1.165) is 34.8 Å². The molecular weight excluding hydrogens is 374 g/mol. The predicted octanol–water partition coefficient (Wildman–Crippen LogP) is 3.16. The fourth-order valence-electron chi connectivity index (χ4n) is 3.32. The first-order valence-electron chi connectivity index (χ1n) is 9.48. The molecule has 3 heterocycles. The van der Waals surface area contributed by atoms with Crippen molar-refractivity contribution in [3.8, 4) is 5.88 Å². The van der Waals surface area contributed by atoms with Crippen LogP contribution in [0.1, 0.15) is 32.3 Å². The molecule has 0 spiro atoms. The van der Waals surface area contributed by atoms with Gasteiger partial charge in [0.05, 0.1) is 6.10 Å². The first-order valence-corrected chi connectivity index (χ1v) is 10.3. The molecule has 1 aromatic carbocycles. The van der Waals surface area contributed by atoms with Crippen LogP contribution < -0.4 is 15.0 Å². The summed E-state index contributed by atoms with van der Waals surface area (Å²) < 4.78 is 6.61. The molecule has 1 aliphatic rings. The van der Waals surface area contributed by atoms with Gasteiger partial charge in [-0.3, -0.25) is 4.79 Å². The maximum atomic E-state index is 12.8. The average molecular weight is 398 g/mol. The summed E-state index contributed by atoms with van der Waals surface area (Å²) in [5.41, 5.74) is 1.70. The molecule has 0 bridgehead atoms. The first kappa shape index (κ1) is 18.6. The van der Waals surface area contributed by atoms with Gasteiger partial charge >= 0.3 is 0 Å². The van der Waals surface area contributed by atoms with Crippen LogP contribution in [0.25, 0.3) is 10.3 Å². The number of nitrogens with one attached hydrogen (secondary N) is 1. The maximum absolute atomic E-state index is 12.8. The lowest BCUT2D eigenvalue weighted by Crippen LogP contribution is -2.43. The van der Waals surface area contributed by atoms with Crippen molar-refractivity contribution < 1.29 is 9.53 Å². The van der Waals surface area contributed by atoms with Crippen molar-refractivity contribution >= 4 is 32.7 Å². The van der Waals surface area contributed by atoms with Crippen molar-refractivity contribution in [2.24, 2.45) is 0 Å². The summed E-state index contributed by atoms with van der Waals surface area (Å²) in [5, 5.41) is 3.85. The number of carbonyl (C=O) groups is 1. The molecule has 1 aliphatic heterocycles. The highest BCUT2D eigenvalue weighted by atomic mass is 32.1. The van der Waals surface area contributed by atoms with Crippen molar-refractivity contribution in [2.75, 3.05) is 11.4 Å². The van der Waals surface area contributed by atoms with Crippen LogP contribution in [0.5, 0.6) is 5.88 Å². The van der Waals surface area contributed by atoms with Crippen molar-refractivity contribution in [3.63, 3.8) is 0 Å². The van der Waals surface area contributed by atoms with Gasteiger partial charge in [0, 0.05) is 13.1 Å². The molecule has 1 saturated heterocycles. The van der Waals surface area contributed by atoms with Gasteiger partial charge in [0.1, 0.15) is 17.1 Å². The van der Waals surface area contributed by atoms with Gasteiger partial charge in [0.2, 0.25) is 11.8 Å². The minimum Gasteiger partial charge on any atom is -0.474 e. The highest BCUT2D eigenvalue weighted by Crippen LogP contribution is 2.36. The molecular formula is C20H23N5O2S. The number of ether oxygens (including phenoxy) is 1. The quantitative estimate of drug-likeness (QED) is 0.688. The van der Waals surface area contributed by atoms with E-state index >= 15 is 0 Å². The minimum atomic E-state index is -0.216. The zero-order chi connectivity index (χ0) is 19.5. The topological polar surface area (TPSA) is 80.2 Å². The Bertz CT molecular complexity index is 960. The number of benzene rings is 1. The third-order valence-corrected chi connectivity index (χ3v) is 5.67. The number of nitrogens with zero attached hydrogens (tertiary/aromatic N) is 4. The molecule has 1 N–H and O–H groups in total. The summed E-state index contributed by atoms with van der Waals surface area (Å²) in [6.07, 6.45) is 3.27. The Morgan fingerprint density at radius 2 is 2.14 bits per heavy atom. The fraction of sp³-hybridized carbons (Fsp3) is 0.400. The summed E-state index contributed by atoms with van der Waals surface area (Å²) in [5.74, 6) is 0.582. The third-order valence-electron chi connectivity index (χ3n) is 4.61. The Morgan fingerprint density at radius 1 is 1.32 bits per heavy atom. The van der Waals surface area contributed by atoms with Crippen molar-refractivity contribution in [2.45, 2.75) is 45.4 Å². The van der Waals surface area contributed by atoms with Gasteiger partial charge in [-0.15, -0.1) is 0 Å². The molecule has 1 atom stereocenters. The average Bonchev–Trinajstić information content (AvgIpc) is 3.33. The second-order valence-electron chi connectivity index (χ2n) is 7.05. The molecule has 0 radical (unpaired) electrons. The molecule has 3 aromatic rings. The minimum absolute atomic E-state index is 0.0203. The van der Waals surface area contributed by atoms with Crippen molar-refractivity contribution in [1.29, 1.82) is 0 Å². The standard InChI is InChI=1S/C20H23N5O2S/c1-13(2)27-19-16-17(22-12-23-19)24-20(28-16)25-10-6-9-15(25)18(26)21-11-14-7-4-3-5-8-14/h3-5,7-8,12-13,15H,6,9-11H2,1-2H3,(H,21,26)/t15-/m1/s1. The number of hydrogen-bond acceptors (Lipinski definition) is 7. The summed E-state index contributed by atoms with van der Waals surface area (Å²) in [6.45, 7) is 5.26. The van der Waals surface area contributed by atoms with Crippen LogP contribution in [0.2, 0.25) is 0 Å². The van der Waals surface area contributed by atoms with Crippen LogP contribution in [-0.2, 0) is 11.3 Å². The molecule has 8 heteroatoms. The van der Waals surface area contributed by atoms with Gasteiger partial charge in [0.25, 0.3) is 0 Å². The van der Waals surface area contributed by atoms with Crippen molar-refractivity contribution in [3.05, 3.63) is 42.2 Å². The Hall–Kier alpha value is -2.74. The Morgan fingerprint density at radius 3 is 2.93 bits per heavy atom. The van der Waals surface area contributed by atoms with E-state index in [1.54, 1.807) is 0 Å². The lowest BCUT2D eigenvalue weighted by Gasteiger charge is -2.23. The molecule has 0 aliphatic carbocycles. The molecule has 1 fully saturated rings. The van der Waals surface area contributed by atoms with Gasteiger partial charge in [-0.2, -0.15) is 4.98 Å². The Balaban J connectivity index is 1.52. The number of thiazole rings is 1. The van der Waals surface area contributed by atoms with E-state index in [9.17, 15) is 4.79 Å². The van der Waals surface area contributed by atoms with Crippen LogP contribution in [0.4, 0.5) is 5.13 Å². The van der Waals surface area contributed by atoms with Crippen LogP contribution in [0.15, 0.2) is 36.7 Å². The summed E-state index contributed by atoms with van der Waals surface area (Å²) in [4.78, 5) is 28.0. The monoisotopic (exact) mass is 397 g/mol. The summed E-state index contributed by atoms with van der Waals surface area (Å²) in [7, 11) is 0. The van der Waals surface area contributed by atoms with Crippen LogP contribution in [0.3, 0.4) is 0 Å². The Labute approximate surface area is 167 Å². The number of amides is 1. The van der Waals surface area contributed by atoms with E-state index in [1.165, 1.54) is 17.7 Å². The lowest BCUT2D eigenvalue weighted by molar-refractivity contribution is -0.122. The molecule has 7 nitrogen and oxygen atoms in total. The van der Waals surface area contributed by atoms with E-state index in [-0.39, 0.29) is 18.1 Å². The van der Waals surface area contributed by atoms with E-state index in [2.05, 4.69) is 25.2 Å². The normalized spacial score (nSPS) is 16.7.